The Hall–Kier alpha value is -3.35. The minimum Gasteiger partial charge on any atom is -0.482 e. The largest absolute Gasteiger partial charge is 0.482 e. The van der Waals surface area contributed by atoms with Crippen molar-refractivity contribution < 1.29 is 24.2 Å². The molecule has 7 heteroatoms. The monoisotopic (exact) mass is 396 g/mol. The zero-order valence-electron chi connectivity index (χ0n) is 16.5. The van der Waals surface area contributed by atoms with Gasteiger partial charge in [0.1, 0.15) is 11.3 Å². The number of hydrogen-bond acceptors (Lipinski definition) is 4. The zero-order valence-corrected chi connectivity index (χ0v) is 16.5. The van der Waals surface area contributed by atoms with Gasteiger partial charge >= 0.3 is 5.97 Å². The van der Waals surface area contributed by atoms with Crippen molar-refractivity contribution in [3.8, 4) is 5.75 Å². The number of carbonyl (C=O) groups is 3. The molecule has 7 nitrogen and oxygen atoms in total. The summed E-state index contributed by atoms with van der Waals surface area (Å²) in [4.78, 5) is 40.1. The summed E-state index contributed by atoms with van der Waals surface area (Å²) >= 11 is 0. The third-order valence-electron chi connectivity index (χ3n) is 5.26. The molecule has 1 aliphatic heterocycles. The van der Waals surface area contributed by atoms with Crippen molar-refractivity contribution in [2.24, 2.45) is 0 Å². The van der Waals surface area contributed by atoms with Crippen LogP contribution in [0.25, 0.3) is 0 Å². The molecule has 1 heterocycles. The van der Waals surface area contributed by atoms with Crippen LogP contribution in [0.5, 0.6) is 5.75 Å². The first-order chi connectivity index (χ1) is 13.8. The Morgan fingerprint density at radius 3 is 2.38 bits per heavy atom. The van der Waals surface area contributed by atoms with E-state index in [1.165, 1.54) is 4.90 Å². The molecule has 0 aliphatic carbocycles. The Balaban J connectivity index is 1.77. The van der Waals surface area contributed by atoms with Gasteiger partial charge < -0.3 is 19.6 Å². The van der Waals surface area contributed by atoms with Gasteiger partial charge in [0.25, 0.3) is 11.8 Å². The van der Waals surface area contributed by atoms with Crippen LogP contribution in [0.3, 0.4) is 0 Å². The fourth-order valence-corrected chi connectivity index (χ4v) is 3.64. The number of carboxylic acid groups (broad SMARTS) is 1. The van der Waals surface area contributed by atoms with Gasteiger partial charge in [-0.25, -0.2) is 4.79 Å². The molecule has 0 saturated carbocycles. The quantitative estimate of drug-likeness (QED) is 0.811. The summed E-state index contributed by atoms with van der Waals surface area (Å²) < 4.78 is 5.12. The highest BCUT2D eigenvalue weighted by atomic mass is 16.5. The van der Waals surface area contributed by atoms with Gasteiger partial charge in [0, 0.05) is 24.8 Å². The van der Waals surface area contributed by atoms with Gasteiger partial charge in [0.15, 0.2) is 6.61 Å². The Labute approximate surface area is 169 Å². The molecule has 1 saturated heterocycles. The van der Waals surface area contributed by atoms with Gasteiger partial charge in [-0.2, -0.15) is 0 Å². The smallest absolute Gasteiger partial charge is 0.341 e. The van der Waals surface area contributed by atoms with E-state index < -0.39 is 18.1 Å². The minimum absolute atomic E-state index is 0.148. The van der Waals surface area contributed by atoms with Crippen molar-refractivity contribution in [2.75, 3.05) is 25.1 Å². The molecular formula is C22H24N2O5. The summed E-state index contributed by atoms with van der Waals surface area (Å²) in [7, 11) is 1.67. The van der Waals surface area contributed by atoms with Crippen molar-refractivity contribution in [1.29, 1.82) is 0 Å². The maximum atomic E-state index is 13.3. The third-order valence-corrected chi connectivity index (χ3v) is 5.26. The molecule has 1 fully saturated rings. The molecule has 0 aromatic heterocycles. The lowest BCUT2D eigenvalue weighted by Crippen LogP contribution is -2.56. The summed E-state index contributed by atoms with van der Waals surface area (Å²) in [5.74, 6) is -0.966. The molecule has 29 heavy (non-hydrogen) atoms. The lowest BCUT2D eigenvalue weighted by molar-refractivity contribution is -0.139. The molecular weight excluding hydrogens is 372 g/mol. The molecule has 3 rings (SSSR count). The Bertz CT molecular complexity index is 897. The summed E-state index contributed by atoms with van der Waals surface area (Å²) in [6, 6.07) is 15.6. The molecule has 0 radical (unpaired) electrons. The van der Waals surface area contributed by atoms with Gasteiger partial charge in [-0.15, -0.1) is 0 Å². The normalized spacial score (nSPS) is 18.3. The first-order valence-electron chi connectivity index (χ1n) is 9.43. The lowest BCUT2D eigenvalue weighted by Gasteiger charge is -2.37. The summed E-state index contributed by atoms with van der Waals surface area (Å²) in [5.41, 5.74) is 0.272. The van der Waals surface area contributed by atoms with E-state index in [0.717, 1.165) is 6.42 Å². The van der Waals surface area contributed by atoms with Crippen molar-refractivity contribution >= 4 is 23.5 Å². The Morgan fingerprint density at radius 1 is 1.10 bits per heavy atom. The van der Waals surface area contributed by atoms with Crippen molar-refractivity contribution in [1.82, 2.24) is 4.90 Å². The van der Waals surface area contributed by atoms with Crippen LogP contribution in [0.15, 0.2) is 54.6 Å². The number of amides is 2. The second kappa shape index (κ2) is 8.34. The number of ether oxygens (including phenoxy) is 1. The lowest BCUT2D eigenvalue weighted by atomic mass is 9.95. The maximum absolute atomic E-state index is 13.3. The summed E-state index contributed by atoms with van der Waals surface area (Å²) in [6.07, 6.45) is 1.35. The van der Waals surface area contributed by atoms with E-state index in [-0.39, 0.29) is 11.8 Å². The van der Waals surface area contributed by atoms with E-state index in [0.29, 0.717) is 30.0 Å². The van der Waals surface area contributed by atoms with Gasteiger partial charge in [0.05, 0.1) is 0 Å². The third kappa shape index (κ3) is 4.23. The van der Waals surface area contributed by atoms with Gasteiger partial charge in [-0.3, -0.25) is 9.59 Å². The van der Waals surface area contributed by atoms with E-state index in [9.17, 15) is 14.4 Å². The minimum atomic E-state index is -1.06. The van der Waals surface area contributed by atoms with E-state index >= 15 is 0 Å². The number of nitrogens with zero attached hydrogens (tertiary/aromatic N) is 2. The molecule has 2 aromatic carbocycles. The standard InChI is InChI=1S/C22H24N2O5/c1-22(13-6-14-24(22)20(27)16-7-4-3-5-8-16)21(28)23(2)17-9-11-18(12-10-17)29-15-19(25)26/h3-5,7-12H,6,13-15H2,1-2H3,(H,25,26). The SMILES string of the molecule is CN(C(=O)C1(C)CCCN1C(=O)c1ccccc1)c1ccc(OCC(=O)O)cc1. The molecule has 0 spiro atoms. The van der Waals surface area contributed by atoms with Gasteiger partial charge in [-0.1, -0.05) is 18.2 Å². The molecule has 152 valence electrons. The molecule has 1 atom stereocenters. The van der Waals surface area contributed by atoms with Crippen LogP contribution >= 0.6 is 0 Å². The van der Waals surface area contributed by atoms with Crippen LogP contribution in [0.4, 0.5) is 5.69 Å². The summed E-state index contributed by atoms with van der Waals surface area (Å²) in [6.45, 7) is 1.92. The van der Waals surface area contributed by atoms with Crippen LogP contribution in [0.1, 0.15) is 30.1 Å². The first-order valence-corrected chi connectivity index (χ1v) is 9.43. The van der Waals surface area contributed by atoms with Gasteiger partial charge in [0.2, 0.25) is 0 Å². The predicted molar refractivity (Wildman–Crippen MR) is 108 cm³/mol. The van der Waals surface area contributed by atoms with Crippen LogP contribution in [0.2, 0.25) is 0 Å². The second-order valence-corrected chi connectivity index (χ2v) is 7.24. The number of carboxylic acids is 1. The van der Waals surface area contributed by atoms with Gasteiger partial charge in [-0.05, 0) is 56.2 Å². The van der Waals surface area contributed by atoms with E-state index in [2.05, 4.69) is 0 Å². The number of likely N-dealkylation sites (tertiary alicyclic amines) is 1. The fourth-order valence-electron chi connectivity index (χ4n) is 3.64. The molecule has 1 unspecified atom stereocenters. The van der Waals surface area contributed by atoms with Crippen LogP contribution < -0.4 is 9.64 Å². The number of anilines is 1. The van der Waals surface area contributed by atoms with Crippen LogP contribution in [-0.2, 0) is 9.59 Å². The van der Waals surface area contributed by atoms with Crippen LogP contribution in [0, 0.1) is 0 Å². The molecule has 2 amide bonds. The van der Waals surface area contributed by atoms with E-state index in [1.54, 1.807) is 48.3 Å². The number of hydrogen-bond donors (Lipinski definition) is 1. The Morgan fingerprint density at radius 2 is 1.76 bits per heavy atom. The van der Waals surface area contributed by atoms with E-state index in [4.69, 9.17) is 9.84 Å². The Kier molecular flexibility index (Phi) is 5.87. The highest BCUT2D eigenvalue weighted by Gasteiger charge is 2.47. The van der Waals surface area contributed by atoms with E-state index in [1.807, 2.05) is 25.1 Å². The molecule has 0 bridgehead atoms. The second-order valence-electron chi connectivity index (χ2n) is 7.24. The molecule has 1 aliphatic rings. The average molecular weight is 396 g/mol. The van der Waals surface area contributed by atoms with Crippen molar-refractivity contribution in [3.63, 3.8) is 0 Å². The predicted octanol–water partition coefficient (Wildman–Crippen LogP) is 2.81. The highest BCUT2D eigenvalue weighted by molar-refractivity contribution is 6.04. The number of carbonyl (C=O) groups excluding carboxylic acids is 2. The van der Waals surface area contributed by atoms with Crippen molar-refractivity contribution in [3.05, 3.63) is 60.2 Å². The van der Waals surface area contributed by atoms with Crippen LogP contribution in [-0.4, -0.2) is 53.5 Å². The number of benzene rings is 2. The average Bonchev–Trinajstić information content (AvgIpc) is 3.14. The molecule has 2 aromatic rings. The topological polar surface area (TPSA) is 87.2 Å². The summed E-state index contributed by atoms with van der Waals surface area (Å²) in [5, 5.41) is 8.68. The number of likely N-dealkylation sites (N-methyl/N-ethyl adjacent to an activating group) is 1. The highest BCUT2D eigenvalue weighted by Crippen LogP contribution is 2.33. The zero-order chi connectivity index (χ0) is 21.0. The maximum Gasteiger partial charge on any atom is 0.341 e. The molecule has 1 N–H and O–H groups in total. The number of aliphatic carboxylic acids is 1. The van der Waals surface area contributed by atoms with Crippen molar-refractivity contribution in [2.45, 2.75) is 25.3 Å². The number of rotatable bonds is 6. The first kappa shape index (κ1) is 20.4. The fraction of sp³-hybridized carbons (Fsp3) is 0.318.